The van der Waals surface area contributed by atoms with Crippen molar-refractivity contribution in [2.75, 3.05) is 43.2 Å². The van der Waals surface area contributed by atoms with Crippen molar-refractivity contribution in [2.45, 2.75) is 38.6 Å². The van der Waals surface area contributed by atoms with Crippen LogP contribution < -0.4 is 10.3 Å². The monoisotopic (exact) mass is 510 g/mol. The molecule has 3 aromatic rings. The number of benzene rings is 1. The number of nitrogens with zero attached hydrogens (tertiary/aromatic N) is 6. The van der Waals surface area contributed by atoms with E-state index in [9.17, 15) is 8.42 Å². The fraction of sp³-hybridized carbons (Fsp3) is 0.417. The number of rotatable bonds is 6. The van der Waals surface area contributed by atoms with Crippen LogP contribution in [0.3, 0.4) is 0 Å². The molecule has 0 unspecified atom stereocenters. The Morgan fingerprint density at radius 3 is 2.67 bits per heavy atom. The van der Waals surface area contributed by atoms with Gasteiger partial charge in [0.25, 0.3) is 0 Å². The molecule has 2 aliphatic rings. The summed E-state index contributed by atoms with van der Waals surface area (Å²) in [5.74, 6) is 1.14. The predicted octanol–water partition coefficient (Wildman–Crippen LogP) is 2.15. The second kappa shape index (κ2) is 9.96. The van der Waals surface area contributed by atoms with Gasteiger partial charge in [-0.15, -0.1) is 0 Å². The molecular formula is C24H30N8O3S. The first-order valence-electron chi connectivity index (χ1n) is 11.9. The van der Waals surface area contributed by atoms with E-state index in [1.807, 2.05) is 31.2 Å². The number of morpholine rings is 1. The van der Waals surface area contributed by atoms with Gasteiger partial charge in [-0.25, -0.2) is 18.8 Å². The molecule has 2 aromatic heterocycles. The average Bonchev–Trinajstić information content (AvgIpc) is 3.22. The van der Waals surface area contributed by atoms with Gasteiger partial charge < -0.3 is 9.64 Å². The van der Waals surface area contributed by atoms with Gasteiger partial charge in [0.05, 0.1) is 43.1 Å². The summed E-state index contributed by atoms with van der Waals surface area (Å²) in [6, 6.07) is 7.99. The maximum Gasteiger partial charge on any atom is 0.247 e. The van der Waals surface area contributed by atoms with Crippen molar-refractivity contribution >= 4 is 28.0 Å². The Bertz CT molecular complexity index is 1380. The lowest BCUT2D eigenvalue weighted by Gasteiger charge is -2.33. The Labute approximate surface area is 210 Å². The number of hydrazone groups is 1. The van der Waals surface area contributed by atoms with Gasteiger partial charge in [0.2, 0.25) is 16.0 Å². The quantitative estimate of drug-likeness (QED) is 0.381. The first-order valence-corrected chi connectivity index (χ1v) is 13.4. The van der Waals surface area contributed by atoms with Crippen LogP contribution in [-0.4, -0.2) is 72.0 Å². The molecule has 1 fully saturated rings. The molecule has 36 heavy (non-hydrogen) atoms. The van der Waals surface area contributed by atoms with E-state index in [0.717, 1.165) is 22.5 Å². The summed E-state index contributed by atoms with van der Waals surface area (Å²) >= 11 is 0. The van der Waals surface area contributed by atoms with Gasteiger partial charge in [0.15, 0.2) is 0 Å². The zero-order valence-electron chi connectivity index (χ0n) is 20.7. The lowest BCUT2D eigenvalue weighted by atomic mass is 10.1. The van der Waals surface area contributed by atoms with Crippen molar-refractivity contribution in [1.29, 1.82) is 0 Å². The third-order valence-electron chi connectivity index (χ3n) is 6.40. The minimum atomic E-state index is -3.73. The molecule has 12 heteroatoms. The van der Waals surface area contributed by atoms with E-state index in [1.54, 1.807) is 20.1 Å². The topological polar surface area (TPSA) is 129 Å². The Balaban J connectivity index is 1.47. The molecule has 0 amide bonds. The summed E-state index contributed by atoms with van der Waals surface area (Å²) < 4.78 is 34.0. The molecular weight excluding hydrogens is 480 g/mol. The standard InChI is InChI=1S/C24H30N8O3S/c1-16-5-4-6-19(13-16)14-25-30-24-26-21-15-32(36(33,34)22-17(2)28-29-18(22)3)8-7-20(21)23(27-24)31-9-11-35-12-10-31/h4-6,13-14H,7-12,15H2,1-3H3,(H,28,29)(H,26,27,30)/b25-14+. The fourth-order valence-corrected chi connectivity index (χ4v) is 6.38. The highest BCUT2D eigenvalue weighted by Crippen LogP contribution is 2.32. The molecule has 0 atom stereocenters. The van der Waals surface area contributed by atoms with E-state index in [0.29, 0.717) is 62.3 Å². The highest BCUT2D eigenvalue weighted by molar-refractivity contribution is 7.89. The molecule has 11 nitrogen and oxygen atoms in total. The number of anilines is 2. The highest BCUT2D eigenvalue weighted by atomic mass is 32.2. The van der Waals surface area contributed by atoms with Crippen LogP contribution in [0.2, 0.25) is 0 Å². The fourth-order valence-electron chi connectivity index (χ4n) is 4.64. The van der Waals surface area contributed by atoms with E-state index < -0.39 is 10.0 Å². The maximum atomic E-state index is 13.5. The van der Waals surface area contributed by atoms with Crippen LogP contribution in [0.25, 0.3) is 0 Å². The van der Waals surface area contributed by atoms with Gasteiger partial charge >= 0.3 is 0 Å². The molecule has 2 N–H and O–H groups in total. The third kappa shape index (κ3) is 4.84. The molecule has 190 valence electrons. The molecule has 0 spiro atoms. The van der Waals surface area contributed by atoms with E-state index in [1.165, 1.54) is 4.31 Å². The summed E-state index contributed by atoms with van der Waals surface area (Å²) in [5, 5.41) is 11.2. The zero-order valence-corrected chi connectivity index (χ0v) is 21.5. The van der Waals surface area contributed by atoms with E-state index in [4.69, 9.17) is 9.72 Å². The van der Waals surface area contributed by atoms with Crippen LogP contribution in [0.4, 0.5) is 11.8 Å². The molecule has 4 heterocycles. The van der Waals surface area contributed by atoms with Crippen molar-refractivity contribution in [3.63, 3.8) is 0 Å². The van der Waals surface area contributed by atoms with Crippen LogP contribution in [0.15, 0.2) is 34.3 Å². The minimum Gasteiger partial charge on any atom is -0.378 e. The lowest BCUT2D eigenvalue weighted by Crippen LogP contribution is -2.41. The number of aromatic nitrogens is 4. The number of fused-ring (bicyclic) bond motifs is 1. The Kier molecular flexibility index (Phi) is 6.73. The van der Waals surface area contributed by atoms with Crippen LogP contribution in [-0.2, 0) is 27.7 Å². The molecule has 0 bridgehead atoms. The van der Waals surface area contributed by atoms with Crippen molar-refractivity contribution in [2.24, 2.45) is 5.10 Å². The summed E-state index contributed by atoms with van der Waals surface area (Å²) in [5.41, 5.74) is 7.68. The van der Waals surface area contributed by atoms with Crippen LogP contribution in [0, 0.1) is 20.8 Å². The summed E-state index contributed by atoms with van der Waals surface area (Å²) in [7, 11) is -3.73. The second-order valence-electron chi connectivity index (χ2n) is 9.03. The number of H-pyrrole nitrogens is 1. The summed E-state index contributed by atoms with van der Waals surface area (Å²) in [6.07, 6.45) is 2.23. The third-order valence-corrected chi connectivity index (χ3v) is 8.51. The van der Waals surface area contributed by atoms with Crippen molar-refractivity contribution in [3.05, 3.63) is 58.0 Å². The smallest absolute Gasteiger partial charge is 0.247 e. The molecule has 0 aliphatic carbocycles. The van der Waals surface area contributed by atoms with Crippen LogP contribution in [0.5, 0.6) is 0 Å². The average molecular weight is 511 g/mol. The number of nitrogens with one attached hydrogen (secondary N) is 2. The largest absolute Gasteiger partial charge is 0.378 e. The number of aromatic amines is 1. The summed E-state index contributed by atoms with van der Waals surface area (Å²) in [4.78, 5) is 11.9. The molecule has 1 saturated heterocycles. The van der Waals surface area contributed by atoms with E-state index >= 15 is 0 Å². The van der Waals surface area contributed by atoms with Crippen LogP contribution >= 0.6 is 0 Å². The van der Waals surface area contributed by atoms with E-state index in [-0.39, 0.29) is 11.4 Å². The molecule has 5 rings (SSSR count). The first kappa shape index (κ1) is 24.3. The summed E-state index contributed by atoms with van der Waals surface area (Å²) in [6.45, 7) is 8.60. The van der Waals surface area contributed by atoms with Crippen molar-refractivity contribution in [3.8, 4) is 0 Å². The van der Waals surface area contributed by atoms with E-state index in [2.05, 4.69) is 30.6 Å². The van der Waals surface area contributed by atoms with Gasteiger partial charge in [-0.1, -0.05) is 29.8 Å². The van der Waals surface area contributed by atoms with Gasteiger partial charge in [0.1, 0.15) is 10.7 Å². The van der Waals surface area contributed by atoms with Crippen molar-refractivity contribution < 1.29 is 13.2 Å². The van der Waals surface area contributed by atoms with Gasteiger partial charge in [-0.2, -0.15) is 19.5 Å². The molecule has 0 radical (unpaired) electrons. The van der Waals surface area contributed by atoms with Crippen molar-refractivity contribution in [1.82, 2.24) is 24.5 Å². The SMILES string of the molecule is Cc1cccc(/C=N/Nc2nc3c(c(N4CCOCC4)n2)CCN(S(=O)(=O)c2c(C)n[nH]c2C)C3)c1. The van der Waals surface area contributed by atoms with Gasteiger partial charge in [-0.05, 0) is 32.8 Å². The zero-order chi connectivity index (χ0) is 25.3. The number of hydrogen-bond acceptors (Lipinski definition) is 9. The highest BCUT2D eigenvalue weighted by Gasteiger charge is 2.35. The molecule has 1 aromatic carbocycles. The number of ether oxygens (including phenoxy) is 1. The minimum absolute atomic E-state index is 0.151. The molecule has 0 saturated carbocycles. The second-order valence-corrected chi connectivity index (χ2v) is 10.9. The Hall–Kier alpha value is -3.35. The maximum absolute atomic E-state index is 13.5. The number of sulfonamides is 1. The Morgan fingerprint density at radius 1 is 1.14 bits per heavy atom. The predicted molar refractivity (Wildman–Crippen MR) is 137 cm³/mol. The first-order chi connectivity index (χ1) is 17.3. The molecule has 2 aliphatic heterocycles. The van der Waals surface area contributed by atoms with Crippen LogP contribution in [0.1, 0.15) is 33.8 Å². The number of aryl methyl sites for hydroxylation is 3. The lowest BCUT2D eigenvalue weighted by molar-refractivity contribution is 0.122. The Morgan fingerprint density at radius 2 is 1.94 bits per heavy atom. The number of hydrogen-bond donors (Lipinski definition) is 2. The van der Waals surface area contributed by atoms with Gasteiger partial charge in [0, 0.05) is 25.2 Å². The normalized spacial score (nSPS) is 16.9. The van der Waals surface area contributed by atoms with Gasteiger partial charge in [-0.3, -0.25) is 5.10 Å².